The molecule has 5 rings (SSSR count). The second-order valence-electron chi connectivity index (χ2n) is 7.65. The van der Waals surface area contributed by atoms with E-state index in [2.05, 4.69) is 38.2 Å². The Hall–Kier alpha value is -2.06. The van der Waals surface area contributed by atoms with E-state index < -0.39 is 31.1 Å². The van der Waals surface area contributed by atoms with Crippen molar-refractivity contribution in [2.24, 2.45) is 0 Å². The third-order valence-corrected chi connectivity index (χ3v) is 7.72. The Labute approximate surface area is 201 Å². The van der Waals surface area contributed by atoms with E-state index in [0.717, 1.165) is 14.6 Å². The Morgan fingerprint density at radius 2 is 2.06 bits per heavy atom. The van der Waals surface area contributed by atoms with Gasteiger partial charge in [0.15, 0.2) is 27.5 Å². The van der Waals surface area contributed by atoms with E-state index in [4.69, 9.17) is 16.3 Å². The number of imidazole rings is 1. The van der Waals surface area contributed by atoms with E-state index >= 15 is 0 Å². The number of benzene rings is 1. The number of aromatic nitrogens is 5. The van der Waals surface area contributed by atoms with Crippen molar-refractivity contribution in [2.75, 3.05) is 18.5 Å². The molecule has 0 aliphatic carbocycles. The third kappa shape index (κ3) is 4.39. The molecule has 0 radical (unpaired) electrons. The maximum atomic E-state index is 10.4. The lowest BCUT2D eigenvalue weighted by Gasteiger charge is -2.17. The lowest BCUT2D eigenvalue weighted by molar-refractivity contribution is -0.0511. The average Bonchev–Trinajstić information content (AvgIpc) is 3.47. The van der Waals surface area contributed by atoms with Gasteiger partial charge in [0.1, 0.15) is 18.3 Å². The molecule has 3 aromatic heterocycles. The quantitative estimate of drug-likeness (QED) is 0.217. The SMILES string of the molecule is C[C@@H](CNc1nc(Cl)nc2c1ncn2[C@@H]1O[C@H](CO)[C@@H](O)[C@H]1O)Sc1nc2ccccc2s1. The first-order chi connectivity index (χ1) is 15.9. The smallest absolute Gasteiger partial charge is 0.226 e. The molecule has 0 spiro atoms. The molecule has 10 nitrogen and oxygen atoms in total. The number of thioether (sulfide) groups is 1. The molecular weight excluding hydrogens is 488 g/mol. The van der Waals surface area contributed by atoms with Gasteiger partial charge in [0.05, 0.1) is 23.2 Å². The van der Waals surface area contributed by atoms with Crippen LogP contribution in [0.3, 0.4) is 0 Å². The summed E-state index contributed by atoms with van der Waals surface area (Å²) in [5.74, 6) is 0.451. The Bertz CT molecular complexity index is 1250. The first-order valence-electron chi connectivity index (χ1n) is 10.2. The summed E-state index contributed by atoms with van der Waals surface area (Å²) in [4.78, 5) is 17.5. The number of aliphatic hydroxyl groups excluding tert-OH is 3. The Morgan fingerprint density at radius 3 is 2.82 bits per heavy atom. The van der Waals surface area contributed by atoms with Gasteiger partial charge in [-0.1, -0.05) is 30.8 Å². The molecule has 5 atom stereocenters. The van der Waals surface area contributed by atoms with E-state index in [1.54, 1.807) is 23.1 Å². The highest BCUT2D eigenvalue weighted by atomic mass is 35.5. The largest absolute Gasteiger partial charge is 0.394 e. The van der Waals surface area contributed by atoms with Crippen LogP contribution < -0.4 is 5.32 Å². The molecule has 13 heteroatoms. The molecule has 4 N–H and O–H groups in total. The van der Waals surface area contributed by atoms with Crippen molar-refractivity contribution in [3.8, 4) is 0 Å². The predicted molar refractivity (Wildman–Crippen MR) is 127 cm³/mol. The maximum Gasteiger partial charge on any atom is 0.226 e. The van der Waals surface area contributed by atoms with Gasteiger partial charge in [-0.3, -0.25) is 4.57 Å². The number of nitrogens with zero attached hydrogens (tertiary/aromatic N) is 5. The number of aliphatic hydroxyl groups is 3. The summed E-state index contributed by atoms with van der Waals surface area (Å²) in [7, 11) is 0. The summed E-state index contributed by atoms with van der Waals surface area (Å²) in [6.45, 7) is 2.24. The molecule has 4 heterocycles. The number of hydrogen-bond donors (Lipinski definition) is 4. The van der Waals surface area contributed by atoms with E-state index in [1.165, 1.54) is 10.9 Å². The second kappa shape index (κ2) is 9.29. The zero-order valence-corrected chi connectivity index (χ0v) is 19.8. The zero-order chi connectivity index (χ0) is 23.1. The van der Waals surface area contributed by atoms with Crippen LogP contribution in [-0.4, -0.2) is 76.5 Å². The van der Waals surface area contributed by atoms with Crippen molar-refractivity contribution in [3.05, 3.63) is 35.9 Å². The number of hydrogen-bond acceptors (Lipinski definition) is 11. The van der Waals surface area contributed by atoms with Crippen LogP contribution in [0.2, 0.25) is 5.28 Å². The van der Waals surface area contributed by atoms with Crippen LogP contribution in [-0.2, 0) is 4.74 Å². The monoisotopic (exact) mass is 508 g/mol. The number of ether oxygens (including phenoxy) is 1. The topological polar surface area (TPSA) is 138 Å². The van der Waals surface area contributed by atoms with Gasteiger partial charge in [-0.25, -0.2) is 9.97 Å². The minimum Gasteiger partial charge on any atom is -0.394 e. The van der Waals surface area contributed by atoms with Crippen molar-refractivity contribution in [1.29, 1.82) is 0 Å². The first-order valence-corrected chi connectivity index (χ1v) is 12.3. The minimum absolute atomic E-state index is 0.00460. The average molecular weight is 509 g/mol. The summed E-state index contributed by atoms with van der Waals surface area (Å²) in [6.07, 6.45) is -2.91. The van der Waals surface area contributed by atoms with Gasteiger partial charge in [-0.15, -0.1) is 11.3 Å². The van der Waals surface area contributed by atoms with Gasteiger partial charge in [0, 0.05) is 11.8 Å². The highest BCUT2D eigenvalue weighted by Crippen LogP contribution is 2.34. The van der Waals surface area contributed by atoms with Crippen LogP contribution >= 0.6 is 34.7 Å². The molecule has 1 aromatic carbocycles. The fourth-order valence-corrected chi connectivity index (χ4v) is 6.14. The van der Waals surface area contributed by atoms with Gasteiger partial charge in [0.25, 0.3) is 0 Å². The number of para-hydroxylation sites is 1. The Balaban J connectivity index is 1.33. The zero-order valence-electron chi connectivity index (χ0n) is 17.4. The molecule has 1 saturated heterocycles. The molecule has 0 saturated carbocycles. The summed E-state index contributed by atoms with van der Waals surface area (Å²) in [5, 5.41) is 33.3. The highest BCUT2D eigenvalue weighted by Gasteiger charge is 2.44. The van der Waals surface area contributed by atoms with Gasteiger partial charge in [0.2, 0.25) is 5.28 Å². The Kier molecular flexibility index (Phi) is 6.40. The molecule has 4 aromatic rings. The van der Waals surface area contributed by atoms with Gasteiger partial charge in [-0.2, -0.15) is 9.97 Å². The van der Waals surface area contributed by atoms with Gasteiger partial charge >= 0.3 is 0 Å². The van der Waals surface area contributed by atoms with E-state index in [1.807, 2.05) is 18.2 Å². The first kappa shape index (κ1) is 22.7. The summed E-state index contributed by atoms with van der Waals surface area (Å²) in [5.41, 5.74) is 1.79. The molecule has 1 aliphatic rings. The summed E-state index contributed by atoms with van der Waals surface area (Å²) < 4.78 is 9.22. The third-order valence-electron chi connectivity index (χ3n) is 5.32. The maximum absolute atomic E-state index is 10.4. The lowest BCUT2D eigenvalue weighted by Crippen LogP contribution is -2.33. The van der Waals surface area contributed by atoms with Crippen LogP contribution in [0.4, 0.5) is 5.82 Å². The van der Waals surface area contributed by atoms with E-state index in [9.17, 15) is 15.3 Å². The molecule has 0 unspecified atom stereocenters. The van der Waals surface area contributed by atoms with Crippen LogP contribution in [0.25, 0.3) is 21.4 Å². The number of anilines is 1. The fraction of sp³-hybridized carbons (Fsp3) is 0.400. The number of rotatable bonds is 7. The van der Waals surface area contributed by atoms with Crippen molar-refractivity contribution in [2.45, 2.75) is 41.1 Å². The van der Waals surface area contributed by atoms with Crippen molar-refractivity contribution in [3.63, 3.8) is 0 Å². The molecular formula is C20H21ClN6O4S2. The van der Waals surface area contributed by atoms with Crippen LogP contribution in [0.1, 0.15) is 13.2 Å². The van der Waals surface area contributed by atoms with Crippen molar-refractivity contribution < 1.29 is 20.1 Å². The molecule has 1 aliphatic heterocycles. The van der Waals surface area contributed by atoms with Crippen LogP contribution in [0.5, 0.6) is 0 Å². The second-order valence-corrected chi connectivity index (χ2v) is 10.7. The summed E-state index contributed by atoms with van der Waals surface area (Å²) in [6, 6.07) is 8.04. The molecule has 174 valence electrons. The van der Waals surface area contributed by atoms with Gasteiger partial charge in [-0.05, 0) is 23.7 Å². The summed E-state index contributed by atoms with van der Waals surface area (Å²) >= 11 is 9.48. The highest BCUT2D eigenvalue weighted by molar-refractivity contribution is 8.01. The molecule has 0 bridgehead atoms. The van der Waals surface area contributed by atoms with Crippen molar-refractivity contribution >= 4 is 61.9 Å². The van der Waals surface area contributed by atoms with Gasteiger partial charge < -0.3 is 25.4 Å². The molecule has 33 heavy (non-hydrogen) atoms. The molecule has 1 fully saturated rings. The fourth-order valence-electron chi connectivity index (χ4n) is 3.66. The minimum atomic E-state index is -1.25. The predicted octanol–water partition coefficient (Wildman–Crippen LogP) is 2.29. The normalized spacial score (nSPS) is 24.0. The van der Waals surface area contributed by atoms with Crippen LogP contribution in [0.15, 0.2) is 34.9 Å². The number of halogens is 1. The number of nitrogens with one attached hydrogen (secondary N) is 1. The molecule has 0 amide bonds. The van der Waals surface area contributed by atoms with E-state index in [-0.39, 0.29) is 10.5 Å². The number of fused-ring (bicyclic) bond motifs is 2. The van der Waals surface area contributed by atoms with E-state index in [0.29, 0.717) is 23.5 Å². The standard InChI is InChI=1S/C20H21ClN6O4S2/c1-9(32-20-24-10-4-2-3-5-12(10)33-20)6-22-16-13-17(26-19(21)25-16)27(8-23-13)18-15(30)14(29)11(7-28)31-18/h2-5,8-9,11,14-15,18,28-30H,6-7H2,1H3,(H,22,25,26)/t9-,11+,14+,15+,18+/m0/s1. The number of thiazole rings is 1. The Morgan fingerprint density at radius 1 is 1.24 bits per heavy atom. The lowest BCUT2D eigenvalue weighted by atomic mass is 10.1. The van der Waals surface area contributed by atoms with Crippen LogP contribution in [0, 0.1) is 0 Å². The van der Waals surface area contributed by atoms with Crippen molar-refractivity contribution in [1.82, 2.24) is 24.5 Å².